The molecule has 4 rings (SSSR count). The van der Waals surface area contributed by atoms with E-state index in [1.165, 1.54) is 11.1 Å². The maximum Gasteiger partial charge on any atom is 0.344 e. The van der Waals surface area contributed by atoms with Gasteiger partial charge in [0, 0.05) is 37.0 Å². The molecule has 1 spiro atoms. The van der Waals surface area contributed by atoms with Crippen LogP contribution in [0.1, 0.15) is 30.9 Å². The van der Waals surface area contributed by atoms with Crippen molar-refractivity contribution >= 4 is 17.6 Å². The molecule has 2 aromatic carbocycles. The molecule has 1 unspecified atom stereocenters. The fraction of sp³-hybridized carbons (Fsp3) is 0.385. The first-order chi connectivity index (χ1) is 15.5. The number of rotatable bonds is 6. The van der Waals surface area contributed by atoms with Crippen molar-refractivity contribution in [2.75, 3.05) is 25.0 Å². The van der Waals surface area contributed by atoms with Crippen molar-refractivity contribution in [3.63, 3.8) is 0 Å². The highest BCUT2D eigenvalue weighted by Crippen LogP contribution is 2.38. The second-order valence-electron chi connectivity index (χ2n) is 8.42. The Morgan fingerprint density at radius 3 is 2.25 bits per heavy atom. The van der Waals surface area contributed by atoms with Crippen LogP contribution in [0.3, 0.4) is 0 Å². The molecule has 0 aliphatic carbocycles. The van der Waals surface area contributed by atoms with Gasteiger partial charge in [-0.15, -0.1) is 0 Å². The van der Waals surface area contributed by atoms with E-state index < -0.39 is 17.8 Å². The summed E-state index contributed by atoms with van der Waals surface area (Å²) < 4.78 is 11.6. The fourth-order valence-corrected chi connectivity index (χ4v) is 4.44. The van der Waals surface area contributed by atoms with Gasteiger partial charge in [0.05, 0.1) is 6.42 Å². The predicted molar refractivity (Wildman–Crippen MR) is 123 cm³/mol. The lowest BCUT2D eigenvalue weighted by Gasteiger charge is -2.48. The molecule has 0 aromatic heterocycles. The van der Waals surface area contributed by atoms with Gasteiger partial charge in [-0.25, -0.2) is 9.59 Å². The Morgan fingerprint density at radius 1 is 0.969 bits per heavy atom. The van der Waals surface area contributed by atoms with E-state index in [2.05, 4.69) is 43.1 Å². The second-order valence-corrected chi connectivity index (χ2v) is 8.42. The summed E-state index contributed by atoms with van der Waals surface area (Å²) in [6.07, 6.45) is 5.38. The van der Waals surface area contributed by atoms with Crippen LogP contribution in [0, 0.1) is 0 Å². The van der Waals surface area contributed by atoms with Crippen LogP contribution in [-0.2, 0) is 31.9 Å². The monoisotopic (exact) mass is 434 g/mol. The van der Waals surface area contributed by atoms with Crippen LogP contribution in [0.4, 0.5) is 5.69 Å². The number of piperidine rings is 1. The van der Waals surface area contributed by atoms with Gasteiger partial charge in [-0.05, 0) is 49.6 Å². The number of aryl methyl sites for hydroxylation is 1. The van der Waals surface area contributed by atoms with Crippen LogP contribution in [0.25, 0.3) is 0 Å². The molecule has 6 nitrogen and oxygen atoms in total. The third-order valence-corrected chi connectivity index (χ3v) is 6.34. The van der Waals surface area contributed by atoms with Crippen molar-refractivity contribution in [1.82, 2.24) is 4.90 Å². The number of carbonyl (C=O) groups is 2. The maximum atomic E-state index is 12.4. The number of likely N-dealkylation sites (N-methyl/N-ethyl adjacent to an activating group) is 1. The van der Waals surface area contributed by atoms with E-state index in [0.29, 0.717) is 13.0 Å². The summed E-state index contributed by atoms with van der Waals surface area (Å²) in [5.74, 6) is -2.60. The third-order valence-electron chi connectivity index (χ3n) is 6.34. The van der Waals surface area contributed by atoms with Gasteiger partial charge in [-0.1, -0.05) is 49.4 Å². The Balaban J connectivity index is 1.56. The van der Waals surface area contributed by atoms with E-state index in [4.69, 9.17) is 9.47 Å². The molecule has 0 bridgehead atoms. The van der Waals surface area contributed by atoms with Crippen LogP contribution < -0.4 is 4.90 Å². The van der Waals surface area contributed by atoms with Gasteiger partial charge in [-0.3, -0.25) is 0 Å². The van der Waals surface area contributed by atoms with Crippen LogP contribution in [0.5, 0.6) is 0 Å². The molecular formula is C26H30N2O4. The van der Waals surface area contributed by atoms with E-state index in [9.17, 15) is 9.59 Å². The minimum absolute atomic E-state index is 0.101. The molecule has 2 aliphatic heterocycles. The number of carbonyl (C=O) groups excluding carboxylic acids is 2. The summed E-state index contributed by atoms with van der Waals surface area (Å²) in [5, 5.41) is 0. The molecule has 6 heteroatoms. The molecule has 2 aromatic rings. The number of hydrogen-bond acceptors (Lipinski definition) is 6. The van der Waals surface area contributed by atoms with Gasteiger partial charge in [0.1, 0.15) is 0 Å². The van der Waals surface area contributed by atoms with Crippen molar-refractivity contribution in [1.29, 1.82) is 0 Å². The summed E-state index contributed by atoms with van der Waals surface area (Å²) in [6.45, 7) is 3.57. The molecule has 168 valence electrons. The highest BCUT2D eigenvalue weighted by molar-refractivity contribution is 5.93. The largest absolute Gasteiger partial charge is 0.400 e. The topological polar surface area (TPSA) is 59.1 Å². The Labute approximate surface area is 189 Å². The summed E-state index contributed by atoms with van der Waals surface area (Å²) in [7, 11) is 2.08. The molecule has 0 N–H and O–H groups in total. The van der Waals surface area contributed by atoms with E-state index >= 15 is 0 Å². The van der Waals surface area contributed by atoms with Crippen LogP contribution in [-0.4, -0.2) is 48.9 Å². The molecule has 1 fully saturated rings. The molecule has 2 heterocycles. The Morgan fingerprint density at radius 2 is 1.62 bits per heavy atom. The van der Waals surface area contributed by atoms with Gasteiger partial charge in [0.15, 0.2) is 0 Å². The average molecular weight is 435 g/mol. The van der Waals surface area contributed by atoms with Crippen molar-refractivity contribution in [3.05, 3.63) is 77.9 Å². The molecule has 0 amide bonds. The molecule has 32 heavy (non-hydrogen) atoms. The van der Waals surface area contributed by atoms with Gasteiger partial charge < -0.3 is 19.3 Å². The van der Waals surface area contributed by atoms with Gasteiger partial charge in [0.25, 0.3) is 0 Å². The lowest BCUT2D eigenvalue weighted by molar-refractivity contribution is -0.231. The quantitative estimate of drug-likeness (QED) is 0.646. The zero-order valence-electron chi connectivity index (χ0n) is 18.7. The van der Waals surface area contributed by atoms with Gasteiger partial charge >= 0.3 is 17.8 Å². The first-order valence-electron chi connectivity index (χ1n) is 11.2. The third kappa shape index (κ3) is 4.86. The molecule has 1 saturated heterocycles. The SMILES string of the molecule is CCc1ccc(N2CCC(N(C)CCc3ccccc3)CC23OC(=O)C=CC(=O)O3)cc1. The van der Waals surface area contributed by atoms with E-state index in [0.717, 1.165) is 43.6 Å². The zero-order valence-corrected chi connectivity index (χ0v) is 18.7. The van der Waals surface area contributed by atoms with E-state index in [1.807, 2.05) is 35.2 Å². The predicted octanol–water partition coefficient (Wildman–Crippen LogP) is 3.70. The molecule has 0 radical (unpaired) electrons. The lowest BCUT2D eigenvalue weighted by Crippen LogP contribution is -2.62. The number of hydrogen-bond donors (Lipinski definition) is 0. The van der Waals surface area contributed by atoms with Crippen LogP contribution in [0.15, 0.2) is 66.7 Å². The fourth-order valence-electron chi connectivity index (χ4n) is 4.44. The van der Waals surface area contributed by atoms with E-state index in [1.54, 1.807) is 0 Å². The first-order valence-corrected chi connectivity index (χ1v) is 11.2. The minimum Gasteiger partial charge on any atom is -0.400 e. The maximum absolute atomic E-state index is 12.4. The molecule has 2 aliphatic rings. The van der Waals surface area contributed by atoms with Crippen molar-refractivity contribution < 1.29 is 19.1 Å². The minimum atomic E-state index is -1.46. The molecular weight excluding hydrogens is 404 g/mol. The number of anilines is 1. The van der Waals surface area contributed by atoms with Crippen molar-refractivity contribution in [3.8, 4) is 0 Å². The summed E-state index contributed by atoms with van der Waals surface area (Å²) in [6, 6.07) is 18.6. The number of nitrogens with zero attached hydrogens (tertiary/aromatic N) is 2. The smallest absolute Gasteiger partial charge is 0.344 e. The second kappa shape index (κ2) is 9.57. The Hall–Kier alpha value is -3.12. The number of esters is 2. The number of ether oxygens (including phenoxy) is 2. The highest BCUT2D eigenvalue weighted by Gasteiger charge is 2.51. The van der Waals surface area contributed by atoms with Crippen LogP contribution in [0.2, 0.25) is 0 Å². The van der Waals surface area contributed by atoms with E-state index in [-0.39, 0.29) is 6.04 Å². The highest BCUT2D eigenvalue weighted by atomic mass is 16.8. The standard InChI is InChI=1S/C26H30N2O4/c1-3-20-9-11-22(12-10-20)28-18-16-23(27(2)17-15-21-7-5-4-6-8-21)19-26(28)31-24(29)13-14-25(30)32-26/h4-14,23H,3,15-19H2,1-2H3. The molecule has 1 atom stereocenters. The molecule has 0 saturated carbocycles. The van der Waals surface area contributed by atoms with Gasteiger partial charge in [-0.2, -0.15) is 0 Å². The first kappa shape index (κ1) is 22.1. The van der Waals surface area contributed by atoms with Crippen LogP contribution >= 0.6 is 0 Å². The summed E-state index contributed by atoms with van der Waals surface area (Å²) in [5.41, 5.74) is 3.36. The summed E-state index contributed by atoms with van der Waals surface area (Å²) >= 11 is 0. The van der Waals surface area contributed by atoms with Crippen molar-refractivity contribution in [2.45, 2.75) is 44.6 Å². The lowest BCUT2D eigenvalue weighted by atomic mass is 9.97. The Kier molecular flexibility index (Phi) is 6.61. The summed E-state index contributed by atoms with van der Waals surface area (Å²) in [4.78, 5) is 29.0. The normalized spacial score (nSPS) is 20.2. The number of benzene rings is 2. The van der Waals surface area contributed by atoms with Gasteiger partial charge in [0.2, 0.25) is 0 Å². The average Bonchev–Trinajstić information content (AvgIpc) is 2.95. The zero-order chi connectivity index (χ0) is 22.6. The van der Waals surface area contributed by atoms with Crippen molar-refractivity contribution in [2.24, 2.45) is 0 Å². The Bertz CT molecular complexity index is 951.